The van der Waals surface area contributed by atoms with E-state index in [-0.39, 0.29) is 0 Å². The molecule has 0 heterocycles. The lowest BCUT2D eigenvalue weighted by molar-refractivity contribution is -0.143. The molecule has 0 aromatic heterocycles. The number of carbonyl (C=O) groups excluding carboxylic acids is 3. The minimum absolute atomic E-state index is 0.335. The number of ether oxygens (including phenoxy) is 3. The molecule has 0 fully saturated rings. The molecule has 0 spiro atoms. The van der Waals surface area contributed by atoms with Crippen LogP contribution in [0.1, 0.15) is 15.9 Å². The predicted molar refractivity (Wildman–Crippen MR) is 98.5 cm³/mol. The maximum absolute atomic E-state index is 11.8. The highest BCUT2D eigenvalue weighted by Gasteiger charge is 2.12. The second kappa shape index (κ2) is 9.76. The lowest BCUT2D eigenvalue weighted by atomic mass is 10.1. The van der Waals surface area contributed by atoms with Gasteiger partial charge in [0.15, 0.2) is 18.1 Å². The lowest BCUT2D eigenvalue weighted by Crippen LogP contribution is -2.33. The maximum Gasteiger partial charge on any atom is 0.331 e. The molecule has 2 amide bonds. The second-order valence-corrected chi connectivity index (χ2v) is 5.27. The fourth-order valence-electron chi connectivity index (χ4n) is 2.21. The summed E-state index contributed by atoms with van der Waals surface area (Å²) in [6, 6.07) is 13.4. The zero-order chi connectivity index (χ0) is 19.6. The van der Waals surface area contributed by atoms with Gasteiger partial charge in [0, 0.05) is 17.2 Å². The molecular weight excluding hydrogens is 350 g/mol. The first-order chi connectivity index (χ1) is 13.0. The number of carbonyl (C=O) groups is 3. The minimum atomic E-state index is -0.734. The van der Waals surface area contributed by atoms with Gasteiger partial charge in [0.25, 0.3) is 11.8 Å². The number of benzene rings is 2. The van der Waals surface area contributed by atoms with Gasteiger partial charge in [-0.1, -0.05) is 30.3 Å². The first-order valence-corrected chi connectivity index (χ1v) is 8.00. The molecule has 0 radical (unpaired) electrons. The van der Waals surface area contributed by atoms with Crippen molar-refractivity contribution in [2.75, 3.05) is 20.8 Å². The molecule has 0 saturated heterocycles. The van der Waals surface area contributed by atoms with Crippen molar-refractivity contribution in [3.63, 3.8) is 0 Å². The summed E-state index contributed by atoms with van der Waals surface area (Å²) in [5.41, 5.74) is 0.944. The van der Waals surface area contributed by atoms with E-state index in [1.165, 1.54) is 20.3 Å². The molecule has 0 saturated carbocycles. The fourth-order valence-corrected chi connectivity index (χ4v) is 2.21. The van der Waals surface area contributed by atoms with Crippen LogP contribution in [-0.4, -0.2) is 38.6 Å². The molecule has 7 heteroatoms. The van der Waals surface area contributed by atoms with Gasteiger partial charge in [-0.2, -0.15) is 0 Å². The maximum atomic E-state index is 11.8. The lowest BCUT2D eigenvalue weighted by Gasteiger charge is -2.09. The third-order valence-corrected chi connectivity index (χ3v) is 3.47. The van der Waals surface area contributed by atoms with E-state index in [1.54, 1.807) is 48.5 Å². The molecule has 0 unspecified atom stereocenters. The Labute approximate surface area is 156 Å². The van der Waals surface area contributed by atoms with Gasteiger partial charge < -0.3 is 14.2 Å². The molecule has 1 N–H and O–H groups in total. The molecule has 0 aliphatic rings. The van der Waals surface area contributed by atoms with Gasteiger partial charge >= 0.3 is 5.97 Å². The van der Waals surface area contributed by atoms with Crippen LogP contribution >= 0.6 is 0 Å². The zero-order valence-corrected chi connectivity index (χ0v) is 14.9. The summed E-state index contributed by atoms with van der Waals surface area (Å²) >= 11 is 0. The number of hydrogen-bond acceptors (Lipinski definition) is 6. The van der Waals surface area contributed by atoms with Crippen LogP contribution in [0.15, 0.2) is 54.6 Å². The van der Waals surface area contributed by atoms with Crippen molar-refractivity contribution in [3.8, 4) is 11.5 Å². The Balaban J connectivity index is 1.88. The SMILES string of the molecule is COc1cccc(/C=C/C(=O)OCC(=O)NC(=O)c2ccccc2)c1OC. The summed E-state index contributed by atoms with van der Waals surface area (Å²) < 4.78 is 15.3. The molecule has 27 heavy (non-hydrogen) atoms. The van der Waals surface area contributed by atoms with Crippen LogP contribution < -0.4 is 14.8 Å². The van der Waals surface area contributed by atoms with E-state index in [4.69, 9.17) is 14.2 Å². The predicted octanol–water partition coefficient (Wildman–Crippen LogP) is 2.22. The number of rotatable bonds is 7. The van der Waals surface area contributed by atoms with Gasteiger partial charge in [0.1, 0.15) is 0 Å². The summed E-state index contributed by atoms with van der Waals surface area (Å²) in [5, 5.41) is 2.14. The first kappa shape index (κ1) is 19.7. The number of hydrogen-bond donors (Lipinski definition) is 1. The van der Waals surface area contributed by atoms with Gasteiger partial charge in [-0.25, -0.2) is 4.79 Å². The summed E-state index contributed by atoms with van der Waals surface area (Å²) in [4.78, 5) is 35.3. The quantitative estimate of drug-likeness (QED) is 0.594. The first-order valence-electron chi connectivity index (χ1n) is 8.00. The number of para-hydroxylation sites is 1. The van der Waals surface area contributed by atoms with Gasteiger partial charge in [0.05, 0.1) is 14.2 Å². The largest absolute Gasteiger partial charge is 0.493 e. The Morgan fingerprint density at radius 3 is 2.37 bits per heavy atom. The molecule has 0 atom stereocenters. The summed E-state index contributed by atoms with van der Waals surface area (Å²) in [6.45, 7) is -0.572. The minimum Gasteiger partial charge on any atom is -0.493 e. The standard InChI is InChI=1S/C20H19NO6/c1-25-16-10-6-9-14(19(16)26-2)11-12-18(23)27-13-17(22)21-20(24)15-7-4-3-5-8-15/h3-12H,13H2,1-2H3,(H,21,22,24)/b12-11+. The van der Waals surface area contributed by atoms with E-state index >= 15 is 0 Å². The Morgan fingerprint density at radius 1 is 0.963 bits per heavy atom. The normalized spacial score (nSPS) is 10.3. The van der Waals surface area contributed by atoms with Crippen molar-refractivity contribution in [1.82, 2.24) is 5.32 Å². The van der Waals surface area contributed by atoms with Crippen LogP contribution in [0.4, 0.5) is 0 Å². The van der Waals surface area contributed by atoms with Crippen molar-refractivity contribution in [2.24, 2.45) is 0 Å². The van der Waals surface area contributed by atoms with Crippen molar-refractivity contribution >= 4 is 23.9 Å². The van der Waals surface area contributed by atoms with Gasteiger partial charge in [-0.3, -0.25) is 14.9 Å². The van der Waals surface area contributed by atoms with Gasteiger partial charge in [0.2, 0.25) is 0 Å². The number of methoxy groups -OCH3 is 2. The van der Waals surface area contributed by atoms with Crippen LogP contribution in [-0.2, 0) is 14.3 Å². The topological polar surface area (TPSA) is 90.9 Å². The number of imide groups is 1. The summed E-state index contributed by atoms with van der Waals surface area (Å²) in [6.07, 6.45) is 2.64. The van der Waals surface area contributed by atoms with Crippen LogP contribution in [0.3, 0.4) is 0 Å². The van der Waals surface area contributed by atoms with E-state index in [0.29, 0.717) is 22.6 Å². The number of esters is 1. The second-order valence-electron chi connectivity index (χ2n) is 5.27. The third-order valence-electron chi connectivity index (χ3n) is 3.47. The molecule has 140 valence electrons. The molecule has 2 rings (SSSR count). The van der Waals surface area contributed by atoms with Crippen molar-refractivity contribution < 1.29 is 28.6 Å². The van der Waals surface area contributed by atoms with E-state index in [1.807, 2.05) is 0 Å². The molecule has 0 aliphatic carbocycles. The van der Waals surface area contributed by atoms with Crippen LogP contribution in [0.25, 0.3) is 6.08 Å². The number of nitrogens with one attached hydrogen (secondary N) is 1. The van der Waals surface area contributed by atoms with Crippen LogP contribution in [0.5, 0.6) is 11.5 Å². The molecule has 0 aliphatic heterocycles. The molecule has 2 aromatic carbocycles. The summed E-state index contributed by atoms with van der Waals surface area (Å²) in [7, 11) is 3.00. The van der Waals surface area contributed by atoms with Crippen molar-refractivity contribution in [2.45, 2.75) is 0 Å². The van der Waals surface area contributed by atoms with Crippen LogP contribution in [0, 0.1) is 0 Å². The average molecular weight is 369 g/mol. The Hall–Kier alpha value is -3.61. The van der Waals surface area contributed by atoms with E-state index < -0.39 is 24.4 Å². The van der Waals surface area contributed by atoms with Gasteiger partial charge in [-0.05, 0) is 24.3 Å². The average Bonchev–Trinajstić information content (AvgIpc) is 2.70. The highest BCUT2D eigenvalue weighted by Crippen LogP contribution is 2.31. The van der Waals surface area contributed by atoms with Crippen molar-refractivity contribution in [1.29, 1.82) is 0 Å². The molecule has 2 aromatic rings. The third kappa shape index (κ3) is 5.71. The van der Waals surface area contributed by atoms with Crippen molar-refractivity contribution in [3.05, 3.63) is 65.7 Å². The highest BCUT2D eigenvalue weighted by atomic mass is 16.5. The van der Waals surface area contributed by atoms with Gasteiger partial charge in [-0.15, -0.1) is 0 Å². The monoisotopic (exact) mass is 369 g/mol. The highest BCUT2D eigenvalue weighted by molar-refractivity contribution is 6.05. The van der Waals surface area contributed by atoms with E-state index in [2.05, 4.69) is 5.32 Å². The Morgan fingerprint density at radius 2 is 1.70 bits per heavy atom. The molecule has 0 bridgehead atoms. The molecular formula is C20H19NO6. The smallest absolute Gasteiger partial charge is 0.331 e. The van der Waals surface area contributed by atoms with E-state index in [0.717, 1.165) is 6.08 Å². The zero-order valence-electron chi connectivity index (χ0n) is 14.9. The number of amides is 2. The fraction of sp³-hybridized carbons (Fsp3) is 0.150. The summed E-state index contributed by atoms with van der Waals surface area (Å²) in [5.74, 6) is -1.03. The van der Waals surface area contributed by atoms with Crippen LogP contribution in [0.2, 0.25) is 0 Å². The Kier molecular flexibility index (Phi) is 7.13. The Bertz CT molecular complexity index is 845. The molecule has 7 nitrogen and oxygen atoms in total. The van der Waals surface area contributed by atoms with E-state index in [9.17, 15) is 14.4 Å².